The van der Waals surface area contributed by atoms with Gasteiger partial charge in [-0.25, -0.2) is 4.39 Å². The van der Waals surface area contributed by atoms with Crippen molar-refractivity contribution in [2.24, 2.45) is 0 Å². The van der Waals surface area contributed by atoms with Crippen LogP contribution in [0.1, 0.15) is 18.1 Å². The van der Waals surface area contributed by atoms with Crippen LogP contribution in [-0.2, 0) is 16.2 Å². The first-order valence-corrected chi connectivity index (χ1v) is 9.75. The molecule has 32 heavy (non-hydrogen) atoms. The van der Waals surface area contributed by atoms with Gasteiger partial charge in [-0.05, 0) is 42.3 Å². The fraction of sp³-hybridized carbons (Fsp3) is 0.160. The van der Waals surface area contributed by atoms with Crippen LogP contribution in [0, 0.1) is 17.1 Å². The first-order valence-electron chi connectivity index (χ1n) is 9.75. The van der Waals surface area contributed by atoms with Gasteiger partial charge in [-0.15, -0.1) is 6.58 Å². The van der Waals surface area contributed by atoms with Gasteiger partial charge in [0, 0.05) is 17.7 Å². The molecule has 0 bridgehead atoms. The molecule has 0 unspecified atom stereocenters. The summed E-state index contributed by atoms with van der Waals surface area (Å²) in [6, 6.07) is 13.2. The summed E-state index contributed by atoms with van der Waals surface area (Å²) in [6.45, 7) is 5.15. The van der Waals surface area contributed by atoms with E-state index in [0.717, 1.165) is 4.90 Å². The van der Waals surface area contributed by atoms with Crippen LogP contribution in [0.15, 0.2) is 71.8 Å². The number of nitrogens with zero attached hydrogens (tertiary/aromatic N) is 2. The lowest BCUT2D eigenvalue weighted by molar-refractivity contribution is -0.139. The lowest BCUT2D eigenvalue weighted by atomic mass is 9.93. The summed E-state index contributed by atoms with van der Waals surface area (Å²) in [6.07, 6.45) is 3.01. The van der Waals surface area contributed by atoms with Crippen LogP contribution in [-0.4, -0.2) is 30.4 Å². The fourth-order valence-electron chi connectivity index (χ4n) is 3.26. The largest absolute Gasteiger partial charge is 0.493 e. The van der Waals surface area contributed by atoms with Gasteiger partial charge in [0.2, 0.25) is 0 Å². The fourth-order valence-corrected chi connectivity index (χ4v) is 3.26. The molecular weight excluding hydrogens is 411 g/mol. The third-order valence-electron chi connectivity index (χ3n) is 4.98. The van der Waals surface area contributed by atoms with Crippen LogP contribution in [0.5, 0.6) is 11.5 Å². The monoisotopic (exact) mass is 432 g/mol. The highest BCUT2D eigenvalue weighted by Crippen LogP contribution is 2.32. The zero-order chi connectivity index (χ0) is 23.3. The molecule has 1 aliphatic rings. The smallest absolute Gasteiger partial charge is 0.271 e. The van der Waals surface area contributed by atoms with Gasteiger partial charge in [0.1, 0.15) is 24.1 Å². The van der Waals surface area contributed by atoms with Crippen molar-refractivity contribution >= 4 is 17.9 Å². The number of benzene rings is 2. The third-order valence-corrected chi connectivity index (χ3v) is 4.98. The van der Waals surface area contributed by atoms with E-state index in [-0.39, 0.29) is 30.1 Å². The van der Waals surface area contributed by atoms with E-state index < -0.39 is 11.8 Å². The topological polar surface area (TPSA) is 79.6 Å². The SMILES string of the molecule is C=CCN1C(=O)C(C#N)=C(C)/C(=C\c2ccc(OCc3ccccc3F)c(OC)c2)C1=O. The minimum absolute atomic E-state index is 0.000386. The minimum Gasteiger partial charge on any atom is -0.493 e. The highest BCUT2D eigenvalue weighted by molar-refractivity contribution is 6.19. The molecule has 0 fully saturated rings. The van der Waals surface area contributed by atoms with Crippen molar-refractivity contribution in [3.63, 3.8) is 0 Å². The molecule has 0 spiro atoms. The van der Waals surface area contributed by atoms with Gasteiger partial charge < -0.3 is 9.47 Å². The predicted octanol–water partition coefficient (Wildman–Crippen LogP) is 4.19. The highest BCUT2D eigenvalue weighted by atomic mass is 19.1. The van der Waals surface area contributed by atoms with Crippen molar-refractivity contribution in [1.29, 1.82) is 5.26 Å². The Bertz CT molecular complexity index is 1190. The maximum Gasteiger partial charge on any atom is 0.271 e. The Hall–Kier alpha value is -4.18. The van der Waals surface area contributed by atoms with Crippen LogP contribution in [0.3, 0.4) is 0 Å². The number of methoxy groups -OCH3 is 1. The molecule has 0 atom stereocenters. The molecule has 0 aliphatic carbocycles. The summed E-state index contributed by atoms with van der Waals surface area (Å²) in [4.78, 5) is 26.3. The number of rotatable bonds is 7. The van der Waals surface area contributed by atoms with E-state index >= 15 is 0 Å². The maximum absolute atomic E-state index is 13.8. The molecular formula is C25H21FN2O4. The highest BCUT2D eigenvalue weighted by Gasteiger charge is 2.34. The maximum atomic E-state index is 13.8. The summed E-state index contributed by atoms with van der Waals surface area (Å²) in [5.41, 5.74) is 1.46. The minimum atomic E-state index is -0.637. The molecule has 1 aliphatic heterocycles. The Morgan fingerprint density at radius 2 is 1.91 bits per heavy atom. The van der Waals surface area contributed by atoms with Crippen LogP contribution in [0.2, 0.25) is 0 Å². The van der Waals surface area contributed by atoms with Crippen molar-refractivity contribution in [3.8, 4) is 17.6 Å². The van der Waals surface area contributed by atoms with E-state index in [1.54, 1.807) is 49.4 Å². The molecule has 7 heteroatoms. The number of carbonyl (C=O) groups is 2. The van der Waals surface area contributed by atoms with Gasteiger partial charge >= 0.3 is 0 Å². The Morgan fingerprint density at radius 3 is 2.56 bits per heavy atom. The van der Waals surface area contributed by atoms with Crippen molar-refractivity contribution in [2.45, 2.75) is 13.5 Å². The van der Waals surface area contributed by atoms with E-state index in [4.69, 9.17) is 9.47 Å². The standard InChI is InChI=1S/C25H21FN2O4/c1-4-11-28-24(29)19(16(2)20(14-27)25(28)30)12-17-9-10-22(23(13-17)31-3)32-15-18-7-5-6-8-21(18)26/h4-10,12-13H,1,11,15H2,2-3H3/b19-12+. The summed E-state index contributed by atoms with van der Waals surface area (Å²) >= 11 is 0. The molecule has 2 amide bonds. The van der Waals surface area contributed by atoms with Crippen LogP contribution < -0.4 is 9.47 Å². The van der Waals surface area contributed by atoms with E-state index in [2.05, 4.69) is 6.58 Å². The Morgan fingerprint density at radius 1 is 1.16 bits per heavy atom. The van der Waals surface area contributed by atoms with Gasteiger partial charge in [-0.1, -0.05) is 30.3 Å². The quantitative estimate of drug-likeness (QED) is 0.372. The average Bonchev–Trinajstić information content (AvgIpc) is 2.79. The number of ether oxygens (including phenoxy) is 2. The van der Waals surface area contributed by atoms with E-state index in [0.29, 0.717) is 28.2 Å². The molecule has 0 saturated heterocycles. The van der Waals surface area contributed by atoms with Crippen molar-refractivity contribution in [1.82, 2.24) is 4.90 Å². The van der Waals surface area contributed by atoms with Gasteiger partial charge in [0.05, 0.1) is 7.11 Å². The van der Waals surface area contributed by atoms with Crippen LogP contribution >= 0.6 is 0 Å². The zero-order valence-electron chi connectivity index (χ0n) is 17.7. The van der Waals surface area contributed by atoms with Crippen molar-refractivity contribution in [3.05, 3.63) is 88.8 Å². The van der Waals surface area contributed by atoms with Gasteiger partial charge in [0.15, 0.2) is 11.5 Å². The normalized spacial score (nSPS) is 15.1. The zero-order valence-corrected chi connectivity index (χ0v) is 17.7. The number of amides is 2. The second-order valence-corrected chi connectivity index (χ2v) is 6.97. The van der Waals surface area contributed by atoms with Gasteiger partial charge in [0.25, 0.3) is 11.8 Å². The summed E-state index contributed by atoms with van der Waals surface area (Å²) in [7, 11) is 1.47. The molecule has 6 nitrogen and oxygen atoms in total. The molecule has 0 aromatic heterocycles. The lowest BCUT2D eigenvalue weighted by Gasteiger charge is -2.26. The molecule has 0 radical (unpaired) electrons. The second-order valence-electron chi connectivity index (χ2n) is 6.97. The molecule has 0 N–H and O–H groups in total. The third kappa shape index (κ3) is 4.44. The average molecular weight is 432 g/mol. The van der Waals surface area contributed by atoms with E-state index in [9.17, 15) is 19.2 Å². The number of hydrogen-bond donors (Lipinski definition) is 0. The van der Waals surface area contributed by atoms with E-state index in [1.807, 2.05) is 6.07 Å². The summed E-state index contributed by atoms with van der Waals surface area (Å²) < 4.78 is 24.9. The molecule has 2 aromatic rings. The van der Waals surface area contributed by atoms with Crippen LogP contribution in [0.4, 0.5) is 4.39 Å². The number of nitriles is 1. The van der Waals surface area contributed by atoms with E-state index in [1.165, 1.54) is 19.3 Å². The summed E-state index contributed by atoms with van der Waals surface area (Å²) in [5, 5.41) is 9.40. The Labute approximate surface area is 185 Å². The number of hydrogen-bond acceptors (Lipinski definition) is 5. The predicted molar refractivity (Wildman–Crippen MR) is 117 cm³/mol. The first kappa shape index (κ1) is 22.5. The van der Waals surface area contributed by atoms with Gasteiger partial charge in [-0.3, -0.25) is 14.5 Å². The molecule has 162 valence electrons. The number of imide groups is 1. The molecule has 0 saturated carbocycles. The lowest BCUT2D eigenvalue weighted by Crippen LogP contribution is -2.42. The Balaban J connectivity index is 1.94. The first-order chi connectivity index (χ1) is 15.4. The summed E-state index contributed by atoms with van der Waals surface area (Å²) in [5.74, 6) is -0.717. The van der Waals surface area contributed by atoms with Crippen molar-refractivity contribution in [2.75, 3.05) is 13.7 Å². The molecule has 2 aromatic carbocycles. The van der Waals surface area contributed by atoms with Crippen molar-refractivity contribution < 1.29 is 23.5 Å². The molecule has 1 heterocycles. The number of carbonyl (C=O) groups excluding carboxylic acids is 2. The molecule has 3 rings (SSSR count). The van der Waals surface area contributed by atoms with Gasteiger partial charge in [-0.2, -0.15) is 5.26 Å². The number of halogens is 1. The van der Waals surface area contributed by atoms with Crippen LogP contribution in [0.25, 0.3) is 6.08 Å². The Kier molecular flexibility index (Phi) is 6.86. The second kappa shape index (κ2) is 9.75.